The van der Waals surface area contributed by atoms with E-state index in [-0.39, 0.29) is 12.0 Å². The molecule has 0 spiro atoms. The highest BCUT2D eigenvalue weighted by Gasteiger charge is 2.43. The van der Waals surface area contributed by atoms with Crippen LogP contribution in [-0.2, 0) is 14.3 Å². The van der Waals surface area contributed by atoms with E-state index in [1.165, 1.54) is 23.8 Å². The molecule has 0 bridgehead atoms. The average Bonchev–Trinajstić information content (AvgIpc) is 3.27. The zero-order chi connectivity index (χ0) is 20.1. The van der Waals surface area contributed by atoms with E-state index in [1.54, 1.807) is 11.9 Å². The first-order chi connectivity index (χ1) is 14.3. The first-order valence-corrected chi connectivity index (χ1v) is 10.7. The summed E-state index contributed by atoms with van der Waals surface area (Å²) >= 11 is 1.74. The van der Waals surface area contributed by atoms with Gasteiger partial charge in [0.15, 0.2) is 0 Å². The second kappa shape index (κ2) is 8.85. The molecule has 148 valence electrons. The molecule has 0 amide bonds. The Morgan fingerprint density at radius 3 is 1.72 bits per heavy atom. The fourth-order valence-electron chi connectivity index (χ4n) is 4.07. The van der Waals surface area contributed by atoms with Crippen molar-refractivity contribution in [2.75, 3.05) is 13.7 Å². The van der Waals surface area contributed by atoms with Gasteiger partial charge in [-0.3, -0.25) is 4.79 Å². The summed E-state index contributed by atoms with van der Waals surface area (Å²) in [6.07, 6.45) is 1.81. The molecule has 1 unspecified atom stereocenters. The summed E-state index contributed by atoms with van der Waals surface area (Å²) < 4.78 is 6.87. The van der Waals surface area contributed by atoms with Gasteiger partial charge in [-0.25, -0.2) is 4.31 Å². The van der Waals surface area contributed by atoms with E-state index in [1.807, 2.05) is 18.2 Å². The lowest BCUT2D eigenvalue weighted by Gasteiger charge is -2.39. The summed E-state index contributed by atoms with van der Waals surface area (Å²) in [6, 6.07) is 31.5. The highest BCUT2D eigenvalue weighted by atomic mass is 32.2. The Hall–Kier alpha value is -2.56. The molecule has 3 aromatic rings. The second-order valence-electron chi connectivity index (χ2n) is 7.19. The molecule has 1 heterocycles. The van der Waals surface area contributed by atoms with E-state index in [0.29, 0.717) is 0 Å². The predicted molar refractivity (Wildman–Crippen MR) is 119 cm³/mol. The van der Waals surface area contributed by atoms with Crippen LogP contribution in [-0.4, -0.2) is 30.0 Å². The minimum atomic E-state index is -0.458. The van der Waals surface area contributed by atoms with Crippen LogP contribution in [0.1, 0.15) is 29.5 Å². The minimum Gasteiger partial charge on any atom is -0.468 e. The standard InChI is InChI=1S/C25H25NO2S/c1-28-24(27)23-18-11-19-26(23)29-25(20-12-5-2-6-13-20,21-14-7-3-8-15-21)22-16-9-4-10-17-22/h2-10,12-17,23H,11,18-19H2,1H3. The molecule has 0 aromatic heterocycles. The zero-order valence-corrected chi connectivity index (χ0v) is 17.3. The van der Waals surface area contributed by atoms with Crippen molar-refractivity contribution in [1.29, 1.82) is 0 Å². The first-order valence-electron chi connectivity index (χ1n) is 9.96. The van der Waals surface area contributed by atoms with Gasteiger partial charge in [0.1, 0.15) is 10.8 Å². The van der Waals surface area contributed by atoms with Crippen LogP contribution in [0.25, 0.3) is 0 Å². The third-order valence-corrected chi connectivity index (χ3v) is 7.12. The Morgan fingerprint density at radius 1 is 0.862 bits per heavy atom. The maximum Gasteiger partial charge on any atom is 0.323 e. The summed E-state index contributed by atoms with van der Waals surface area (Å²) in [5, 5.41) is 0. The molecule has 0 aliphatic carbocycles. The number of esters is 1. The Morgan fingerprint density at radius 2 is 1.31 bits per heavy atom. The molecule has 0 saturated carbocycles. The van der Waals surface area contributed by atoms with Crippen molar-refractivity contribution < 1.29 is 9.53 Å². The van der Waals surface area contributed by atoms with E-state index in [0.717, 1.165) is 19.4 Å². The summed E-state index contributed by atoms with van der Waals surface area (Å²) in [6.45, 7) is 0.860. The van der Waals surface area contributed by atoms with Gasteiger partial charge in [0, 0.05) is 6.54 Å². The molecule has 0 radical (unpaired) electrons. The van der Waals surface area contributed by atoms with Crippen LogP contribution < -0.4 is 0 Å². The van der Waals surface area contributed by atoms with E-state index in [2.05, 4.69) is 77.1 Å². The van der Waals surface area contributed by atoms with E-state index >= 15 is 0 Å². The van der Waals surface area contributed by atoms with Crippen LogP contribution in [0.15, 0.2) is 91.0 Å². The number of hydrogen-bond acceptors (Lipinski definition) is 4. The molecule has 0 N–H and O–H groups in total. The van der Waals surface area contributed by atoms with Crippen LogP contribution in [0.2, 0.25) is 0 Å². The third kappa shape index (κ3) is 3.83. The van der Waals surface area contributed by atoms with Gasteiger partial charge in [-0.05, 0) is 29.5 Å². The highest BCUT2D eigenvalue weighted by Crippen LogP contribution is 2.51. The molecule has 1 aliphatic rings. The van der Waals surface area contributed by atoms with Crippen LogP contribution in [0, 0.1) is 0 Å². The van der Waals surface area contributed by atoms with Crippen LogP contribution in [0.3, 0.4) is 0 Å². The fraction of sp³-hybridized carbons (Fsp3) is 0.240. The maximum atomic E-state index is 12.4. The molecule has 3 nitrogen and oxygen atoms in total. The summed E-state index contributed by atoms with van der Waals surface area (Å²) in [5.74, 6) is -0.155. The third-order valence-electron chi connectivity index (χ3n) is 5.47. The van der Waals surface area contributed by atoms with Gasteiger partial charge < -0.3 is 4.74 Å². The smallest absolute Gasteiger partial charge is 0.323 e. The monoisotopic (exact) mass is 403 g/mol. The van der Waals surface area contributed by atoms with Gasteiger partial charge in [-0.1, -0.05) is 103 Å². The molecule has 3 aromatic carbocycles. The number of benzene rings is 3. The number of hydrogen-bond donors (Lipinski definition) is 0. The Kier molecular flexibility index (Phi) is 6.02. The summed E-state index contributed by atoms with van der Waals surface area (Å²) in [7, 11) is 1.47. The first kappa shape index (κ1) is 19.7. The van der Waals surface area contributed by atoms with Crippen molar-refractivity contribution in [1.82, 2.24) is 4.31 Å². The molecule has 4 rings (SSSR count). The van der Waals surface area contributed by atoms with Gasteiger partial charge >= 0.3 is 5.97 Å². The molecule has 1 saturated heterocycles. The zero-order valence-electron chi connectivity index (χ0n) is 16.5. The van der Waals surface area contributed by atoms with Crippen molar-refractivity contribution in [3.63, 3.8) is 0 Å². The van der Waals surface area contributed by atoms with Gasteiger partial charge in [0.05, 0.1) is 7.11 Å². The number of nitrogens with zero attached hydrogens (tertiary/aromatic N) is 1. The lowest BCUT2D eigenvalue weighted by molar-refractivity contribution is -0.144. The lowest BCUT2D eigenvalue weighted by atomic mass is 9.84. The molecule has 4 heteroatoms. The molecule has 1 aliphatic heterocycles. The van der Waals surface area contributed by atoms with Gasteiger partial charge in [-0.15, -0.1) is 0 Å². The largest absolute Gasteiger partial charge is 0.468 e. The van der Waals surface area contributed by atoms with Crippen molar-refractivity contribution in [2.24, 2.45) is 0 Å². The van der Waals surface area contributed by atoms with Gasteiger partial charge in [0.2, 0.25) is 0 Å². The Balaban J connectivity index is 1.90. The van der Waals surface area contributed by atoms with Gasteiger partial charge in [-0.2, -0.15) is 0 Å². The number of carbonyl (C=O) groups excluding carboxylic acids is 1. The Bertz CT molecular complexity index is 834. The summed E-state index contributed by atoms with van der Waals surface area (Å²) in [4.78, 5) is 12.4. The second-order valence-corrected chi connectivity index (χ2v) is 8.46. The van der Waals surface area contributed by atoms with Crippen molar-refractivity contribution in [3.8, 4) is 0 Å². The number of rotatable bonds is 6. The van der Waals surface area contributed by atoms with E-state index in [4.69, 9.17) is 4.74 Å². The maximum absolute atomic E-state index is 12.4. The summed E-state index contributed by atoms with van der Waals surface area (Å²) in [5.41, 5.74) is 3.58. The predicted octanol–water partition coefficient (Wildman–Crippen LogP) is 5.26. The van der Waals surface area contributed by atoms with Gasteiger partial charge in [0.25, 0.3) is 0 Å². The number of carbonyl (C=O) groups is 1. The van der Waals surface area contributed by atoms with E-state index in [9.17, 15) is 4.79 Å². The highest BCUT2D eigenvalue weighted by molar-refractivity contribution is 7.98. The molecular weight excluding hydrogens is 378 g/mol. The molecule has 1 atom stereocenters. The van der Waals surface area contributed by atoms with Crippen LogP contribution in [0.4, 0.5) is 0 Å². The molecular formula is C25H25NO2S. The minimum absolute atomic E-state index is 0.155. The van der Waals surface area contributed by atoms with Crippen molar-refractivity contribution >= 4 is 17.9 Å². The van der Waals surface area contributed by atoms with Crippen LogP contribution >= 0.6 is 11.9 Å². The Labute approximate surface area is 176 Å². The molecule has 29 heavy (non-hydrogen) atoms. The van der Waals surface area contributed by atoms with Crippen LogP contribution in [0.5, 0.6) is 0 Å². The number of ether oxygens (including phenoxy) is 1. The van der Waals surface area contributed by atoms with E-state index < -0.39 is 4.75 Å². The topological polar surface area (TPSA) is 29.5 Å². The lowest BCUT2D eigenvalue weighted by Crippen LogP contribution is -2.38. The quantitative estimate of drug-likeness (QED) is 0.319. The average molecular weight is 404 g/mol. The SMILES string of the molecule is COC(=O)C1CCCN1SC(c1ccccc1)(c1ccccc1)c1ccccc1. The fourth-order valence-corrected chi connectivity index (χ4v) is 5.69. The normalized spacial score (nSPS) is 17.2. The number of methoxy groups -OCH3 is 1. The molecule has 1 fully saturated rings. The van der Waals surface area contributed by atoms with Crippen molar-refractivity contribution in [3.05, 3.63) is 108 Å². The van der Waals surface area contributed by atoms with Crippen molar-refractivity contribution in [2.45, 2.75) is 23.6 Å².